The van der Waals surface area contributed by atoms with Gasteiger partial charge < -0.3 is 9.47 Å². The average molecular weight is 496 g/mol. The van der Waals surface area contributed by atoms with Crippen molar-refractivity contribution in [2.75, 3.05) is 12.0 Å². The van der Waals surface area contributed by atoms with Gasteiger partial charge in [0.05, 0.1) is 12.0 Å². The van der Waals surface area contributed by atoms with Crippen LogP contribution in [0.3, 0.4) is 0 Å². The first kappa shape index (κ1) is 25.1. The van der Waals surface area contributed by atoms with Crippen molar-refractivity contribution in [2.45, 2.75) is 69.0 Å². The van der Waals surface area contributed by atoms with E-state index in [9.17, 15) is 18.0 Å². The number of rotatable bonds is 9. The molecular weight excluding hydrogens is 466 g/mol. The van der Waals surface area contributed by atoms with E-state index in [1.807, 2.05) is 0 Å². The van der Waals surface area contributed by atoms with Crippen LogP contribution in [0.25, 0.3) is 0 Å². The van der Waals surface area contributed by atoms with E-state index in [1.165, 1.54) is 56.6 Å². The fraction of sp³-hybridized carbons (Fsp3) is 0.500. The molecule has 1 aliphatic carbocycles. The molecule has 1 heterocycles. The summed E-state index contributed by atoms with van der Waals surface area (Å²) < 4.78 is 37.9. The molecule has 1 N–H and O–H groups in total. The van der Waals surface area contributed by atoms with Crippen LogP contribution in [0, 0.1) is 0 Å². The first-order valence-electron chi connectivity index (χ1n) is 10.8. The Kier molecular flexibility index (Phi) is 8.44. The van der Waals surface area contributed by atoms with E-state index in [1.54, 1.807) is 16.5 Å². The number of esters is 1. The standard InChI is InChI=1S/C22H29N3O6S2/c1-15(24-33(28,29)19-11-9-18(30-3)10-12-19)21(27)31-16(2)20(26)25(22-23-13-14-32-22)17-7-5-4-6-8-17/h9-17,24H,4-8H2,1-3H3/t15-,16?/m0/s1. The zero-order valence-corrected chi connectivity index (χ0v) is 20.5. The molecule has 2 atom stereocenters. The smallest absolute Gasteiger partial charge is 0.324 e. The lowest BCUT2D eigenvalue weighted by Crippen LogP contribution is -2.48. The lowest BCUT2D eigenvalue weighted by Gasteiger charge is -2.34. The van der Waals surface area contributed by atoms with Crippen LogP contribution in [0.5, 0.6) is 5.75 Å². The SMILES string of the molecule is COc1ccc(S(=O)(=O)N[C@@H](C)C(=O)OC(C)C(=O)N(c2nccs2)C2CCCCC2)cc1. The van der Waals surface area contributed by atoms with Gasteiger partial charge in [-0.05, 0) is 51.0 Å². The molecule has 2 aromatic rings. The molecule has 0 saturated heterocycles. The highest BCUT2D eigenvalue weighted by atomic mass is 32.2. The fourth-order valence-electron chi connectivity index (χ4n) is 3.73. The molecule has 1 aromatic heterocycles. The number of hydrogen-bond acceptors (Lipinski definition) is 8. The highest BCUT2D eigenvalue weighted by Crippen LogP contribution is 2.29. The van der Waals surface area contributed by atoms with Gasteiger partial charge in [0.2, 0.25) is 10.0 Å². The second kappa shape index (κ2) is 11.1. The predicted octanol–water partition coefficient (Wildman–Crippen LogP) is 3.12. The Labute approximate surface area is 198 Å². The van der Waals surface area contributed by atoms with E-state index in [0.29, 0.717) is 10.9 Å². The third-order valence-corrected chi connectivity index (χ3v) is 7.83. The molecule has 180 valence electrons. The van der Waals surface area contributed by atoms with Crippen LogP contribution in [-0.2, 0) is 24.3 Å². The van der Waals surface area contributed by atoms with Crippen LogP contribution in [-0.4, -0.2) is 50.6 Å². The van der Waals surface area contributed by atoms with E-state index in [-0.39, 0.29) is 16.8 Å². The zero-order valence-electron chi connectivity index (χ0n) is 18.9. The number of aromatic nitrogens is 1. The molecule has 33 heavy (non-hydrogen) atoms. The van der Waals surface area contributed by atoms with Crippen LogP contribution in [0.4, 0.5) is 5.13 Å². The second-order valence-electron chi connectivity index (χ2n) is 7.91. The molecule has 0 radical (unpaired) electrons. The number of carbonyl (C=O) groups excluding carboxylic acids is 2. The zero-order chi connectivity index (χ0) is 24.0. The molecule has 1 fully saturated rings. The maximum absolute atomic E-state index is 13.2. The number of thiazole rings is 1. The number of sulfonamides is 1. The summed E-state index contributed by atoms with van der Waals surface area (Å²) in [6.45, 7) is 2.87. The minimum Gasteiger partial charge on any atom is -0.497 e. The van der Waals surface area contributed by atoms with Crippen molar-refractivity contribution >= 4 is 38.4 Å². The van der Waals surface area contributed by atoms with Gasteiger partial charge in [-0.25, -0.2) is 13.4 Å². The van der Waals surface area contributed by atoms with Crippen LogP contribution in [0.2, 0.25) is 0 Å². The summed E-state index contributed by atoms with van der Waals surface area (Å²) in [4.78, 5) is 31.7. The van der Waals surface area contributed by atoms with E-state index >= 15 is 0 Å². The summed E-state index contributed by atoms with van der Waals surface area (Å²) in [5, 5.41) is 2.37. The Morgan fingerprint density at radius 1 is 1.15 bits per heavy atom. The molecule has 1 aliphatic rings. The largest absolute Gasteiger partial charge is 0.497 e. The number of amides is 1. The van der Waals surface area contributed by atoms with Gasteiger partial charge in [-0.15, -0.1) is 11.3 Å². The van der Waals surface area contributed by atoms with Crippen molar-refractivity contribution in [2.24, 2.45) is 0 Å². The van der Waals surface area contributed by atoms with Crippen molar-refractivity contribution in [3.63, 3.8) is 0 Å². The summed E-state index contributed by atoms with van der Waals surface area (Å²) in [6.07, 6.45) is 5.46. The summed E-state index contributed by atoms with van der Waals surface area (Å²) in [6, 6.07) is 4.59. The lowest BCUT2D eigenvalue weighted by molar-refractivity contribution is -0.155. The normalized spacial score (nSPS) is 16.6. The van der Waals surface area contributed by atoms with Gasteiger partial charge in [-0.2, -0.15) is 4.72 Å². The van der Waals surface area contributed by atoms with Crippen molar-refractivity contribution in [1.82, 2.24) is 9.71 Å². The number of nitrogens with zero attached hydrogens (tertiary/aromatic N) is 2. The first-order valence-corrected chi connectivity index (χ1v) is 13.2. The lowest BCUT2D eigenvalue weighted by atomic mass is 9.94. The third-order valence-electron chi connectivity index (χ3n) is 5.50. The molecule has 0 spiro atoms. The number of hydrogen-bond donors (Lipinski definition) is 1. The monoisotopic (exact) mass is 495 g/mol. The van der Waals surface area contributed by atoms with Gasteiger partial charge in [-0.3, -0.25) is 14.5 Å². The van der Waals surface area contributed by atoms with Gasteiger partial charge in [-0.1, -0.05) is 19.3 Å². The van der Waals surface area contributed by atoms with Crippen molar-refractivity contribution in [3.8, 4) is 5.75 Å². The molecule has 9 nitrogen and oxygen atoms in total. The van der Waals surface area contributed by atoms with Crippen molar-refractivity contribution in [3.05, 3.63) is 35.8 Å². The number of ether oxygens (including phenoxy) is 2. The molecular formula is C22H29N3O6S2. The van der Waals surface area contributed by atoms with Crippen LogP contribution in [0.15, 0.2) is 40.7 Å². The number of carbonyl (C=O) groups is 2. The first-order chi connectivity index (χ1) is 15.7. The number of nitrogens with one attached hydrogen (secondary N) is 1. The Morgan fingerprint density at radius 3 is 2.39 bits per heavy atom. The highest BCUT2D eigenvalue weighted by molar-refractivity contribution is 7.89. The predicted molar refractivity (Wildman–Crippen MR) is 125 cm³/mol. The highest BCUT2D eigenvalue weighted by Gasteiger charge is 2.34. The van der Waals surface area contributed by atoms with Gasteiger partial charge in [0.25, 0.3) is 5.91 Å². The van der Waals surface area contributed by atoms with Crippen molar-refractivity contribution < 1.29 is 27.5 Å². The average Bonchev–Trinajstić information content (AvgIpc) is 3.34. The molecule has 3 rings (SSSR count). The van der Waals surface area contributed by atoms with Crippen LogP contribution in [0.1, 0.15) is 46.0 Å². The Balaban J connectivity index is 1.65. The van der Waals surface area contributed by atoms with E-state index in [0.717, 1.165) is 32.1 Å². The minimum absolute atomic E-state index is 0.00421. The van der Waals surface area contributed by atoms with Crippen LogP contribution < -0.4 is 14.4 Å². The topological polar surface area (TPSA) is 115 Å². The maximum Gasteiger partial charge on any atom is 0.324 e. The van der Waals surface area contributed by atoms with E-state index in [2.05, 4.69) is 9.71 Å². The Bertz CT molecular complexity index is 1030. The number of benzene rings is 1. The minimum atomic E-state index is -3.96. The molecule has 0 bridgehead atoms. The molecule has 11 heteroatoms. The van der Waals surface area contributed by atoms with E-state index in [4.69, 9.17) is 9.47 Å². The van der Waals surface area contributed by atoms with Gasteiger partial charge in [0.15, 0.2) is 11.2 Å². The van der Waals surface area contributed by atoms with Gasteiger partial charge >= 0.3 is 5.97 Å². The summed E-state index contributed by atoms with van der Waals surface area (Å²) in [7, 11) is -2.49. The third kappa shape index (κ3) is 6.30. The fourth-order valence-corrected chi connectivity index (χ4v) is 5.64. The summed E-state index contributed by atoms with van der Waals surface area (Å²) >= 11 is 1.36. The summed E-state index contributed by atoms with van der Waals surface area (Å²) in [5.41, 5.74) is 0. The van der Waals surface area contributed by atoms with E-state index < -0.39 is 28.1 Å². The quantitative estimate of drug-likeness (QED) is 0.532. The van der Waals surface area contributed by atoms with Crippen LogP contribution >= 0.6 is 11.3 Å². The van der Waals surface area contributed by atoms with Gasteiger partial charge in [0.1, 0.15) is 11.8 Å². The molecule has 1 amide bonds. The number of methoxy groups -OCH3 is 1. The number of anilines is 1. The Morgan fingerprint density at radius 2 is 1.82 bits per heavy atom. The second-order valence-corrected chi connectivity index (χ2v) is 10.5. The maximum atomic E-state index is 13.2. The summed E-state index contributed by atoms with van der Waals surface area (Å²) in [5.74, 6) is -0.692. The molecule has 1 saturated carbocycles. The van der Waals surface area contributed by atoms with Crippen molar-refractivity contribution in [1.29, 1.82) is 0 Å². The Hall–Kier alpha value is -2.50. The molecule has 1 aromatic carbocycles. The van der Waals surface area contributed by atoms with Gasteiger partial charge in [0, 0.05) is 17.6 Å². The molecule has 1 unspecified atom stereocenters. The molecule has 0 aliphatic heterocycles.